The monoisotopic (exact) mass is 267 g/mol. The second-order valence-electron chi connectivity index (χ2n) is 5.22. The third kappa shape index (κ3) is 2.31. The van der Waals surface area contributed by atoms with Gasteiger partial charge >= 0.3 is 0 Å². The lowest BCUT2D eigenvalue weighted by molar-refractivity contribution is 0.0529. The average molecular weight is 268 g/mol. The second kappa shape index (κ2) is 4.67. The first-order valence-electron chi connectivity index (χ1n) is 6.55. The summed E-state index contributed by atoms with van der Waals surface area (Å²) >= 11 is 6.24. The molecule has 4 nitrogen and oxygen atoms in total. The largest absolute Gasteiger partial charge is 0.375 e. The lowest BCUT2D eigenvalue weighted by Gasteiger charge is -2.33. The van der Waals surface area contributed by atoms with Crippen LogP contribution < -0.4 is 4.90 Å². The number of anilines is 1. The summed E-state index contributed by atoms with van der Waals surface area (Å²) < 4.78 is 5.57. The number of ether oxygens (including phenoxy) is 1. The van der Waals surface area contributed by atoms with Gasteiger partial charge in [0.1, 0.15) is 16.8 Å². The van der Waals surface area contributed by atoms with Gasteiger partial charge in [-0.15, -0.1) is 0 Å². The van der Waals surface area contributed by atoms with Crippen LogP contribution in [0.1, 0.15) is 37.1 Å². The Morgan fingerprint density at radius 1 is 1.33 bits per heavy atom. The van der Waals surface area contributed by atoms with Crippen molar-refractivity contribution in [3.63, 3.8) is 0 Å². The van der Waals surface area contributed by atoms with Crippen molar-refractivity contribution in [2.45, 2.75) is 38.7 Å². The first-order valence-corrected chi connectivity index (χ1v) is 6.93. The van der Waals surface area contributed by atoms with Crippen molar-refractivity contribution in [2.24, 2.45) is 0 Å². The minimum absolute atomic E-state index is 0.247. The molecule has 2 heterocycles. The Balaban J connectivity index is 1.93. The molecular formula is C13H18ClN3O. The molecule has 5 heteroatoms. The minimum atomic E-state index is 0.247. The fourth-order valence-electron chi connectivity index (χ4n) is 2.34. The molecule has 1 aliphatic heterocycles. The summed E-state index contributed by atoms with van der Waals surface area (Å²) in [6.45, 7) is 6.59. The van der Waals surface area contributed by atoms with Crippen LogP contribution in [0, 0.1) is 6.92 Å². The standard InChI is InChI=1S/C13H18ClN3O/c1-8-7-17(5-6-18-8)13-9(2)11(14)15-12(16-13)10-3-4-10/h8,10H,3-7H2,1-2H3. The molecule has 1 unspecified atom stereocenters. The van der Waals surface area contributed by atoms with Crippen LogP contribution in [0.5, 0.6) is 0 Å². The number of rotatable bonds is 2. The van der Waals surface area contributed by atoms with E-state index in [1.807, 2.05) is 6.92 Å². The number of hydrogen-bond acceptors (Lipinski definition) is 4. The van der Waals surface area contributed by atoms with Gasteiger partial charge in [-0.2, -0.15) is 0 Å². The fourth-order valence-corrected chi connectivity index (χ4v) is 2.51. The zero-order valence-corrected chi connectivity index (χ0v) is 11.6. The summed E-state index contributed by atoms with van der Waals surface area (Å²) in [7, 11) is 0. The number of halogens is 1. The minimum Gasteiger partial charge on any atom is -0.375 e. The molecule has 0 amide bonds. The highest BCUT2D eigenvalue weighted by atomic mass is 35.5. The predicted molar refractivity (Wildman–Crippen MR) is 71.4 cm³/mol. The molecule has 1 saturated carbocycles. The Hall–Kier alpha value is -0.870. The van der Waals surface area contributed by atoms with Crippen molar-refractivity contribution >= 4 is 17.4 Å². The van der Waals surface area contributed by atoms with Gasteiger partial charge in [-0.3, -0.25) is 0 Å². The summed E-state index contributed by atoms with van der Waals surface area (Å²) in [5.41, 5.74) is 0.982. The second-order valence-corrected chi connectivity index (χ2v) is 5.58. The van der Waals surface area contributed by atoms with Crippen LogP contribution in [0.3, 0.4) is 0 Å². The smallest absolute Gasteiger partial charge is 0.137 e. The van der Waals surface area contributed by atoms with Crippen LogP contribution in [0.4, 0.5) is 5.82 Å². The van der Waals surface area contributed by atoms with E-state index in [0.29, 0.717) is 11.1 Å². The van der Waals surface area contributed by atoms with Crippen molar-refractivity contribution in [1.82, 2.24) is 9.97 Å². The number of nitrogens with zero attached hydrogens (tertiary/aromatic N) is 3. The van der Waals surface area contributed by atoms with Crippen LogP contribution in [-0.4, -0.2) is 35.8 Å². The van der Waals surface area contributed by atoms with Crippen LogP contribution in [0.2, 0.25) is 5.15 Å². The van der Waals surface area contributed by atoms with Crippen molar-refractivity contribution in [3.05, 3.63) is 16.5 Å². The number of hydrogen-bond donors (Lipinski definition) is 0. The molecule has 1 aliphatic carbocycles. The summed E-state index contributed by atoms with van der Waals surface area (Å²) in [5.74, 6) is 2.44. The Bertz CT molecular complexity index is 462. The Labute approximate surface area is 112 Å². The first-order chi connectivity index (χ1) is 8.65. The maximum absolute atomic E-state index is 6.24. The van der Waals surface area contributed by atoms with Gasteiger partial charge in [0.05, 0.1) is 12.7 Å². The number of aromatic nitrogens is 2. The maximum Gasteiger partial charge on any atom is 0.137 e. The van der Waals surface area contributed by atoms with Gasteiger partial charge in [-0.1, -0.05) is 11.6 Å². The molecule has 1 atom stereocenters. The average Bonchev–Trinajstić information content (AvgIpc) is 3.16. The molecular weight excluding hydrogens is 250 g/mol. The van der Waals surface area contributed by atoms with Crippen LogP contribution in [0.25, 0.3) is 0 Å². The van der Waals surface area contributed by atoms with Gasteiger partial charge in [0.2, 0.25) is 0 Å². The van der Waals surface area contributed by atoms with E-state index in [9.17, 15) is 0 Å². The molecule has 3 rings (SSSR count). The summed E-state index contributed by atoms with van der Waals surface area (Å²) in [6.07, 6.45) is 2.63. The van der Waals surface area contributed by atoms with Gasteiger partial charge in [0.25, 0.3) is 0 Å². The van der Waals surface area contributed by atoms with Gasteiger partial charge in [-0.05, 0) is 26.7 Å². The van der Waals surface area contributed by atoms with E-state index in [1.165, 1.54) is 12.8 Å². The third-order valence-corrected chi connectivity index (χ3v) is 3.93. The predicted octanol–water partition coefficient (Wildman–Crippen LogP) is 2.54. The Morgan fingerprint density at radius 2 is 2.11 bits per heavy atom. The molecule has 18 heavy (non-hydrogen) atoms. The van der Waals surface area contributed by atoms with E-state index in [0.717, 1.165) is 36.9 Å². The normalized spacial score (nSPS) is 24.4. The molecule has 98 valence electrons. The molecule has 1 saturated heterocycles. The first kappa shape index (κ1) is 12.2. The Kier molecular flexibility index (Phi) is 3.16. The zero-order valence-electron chi connectivity index (χ0n) is 10.8. The fraction of sp³-hybridized carbons (Fsp3) is 0.692. The molecule has 1 aromatic rings. The molecule has 1 aromatic heterocycles. The van der Waals surface area contributed by atoms with Crippen LogP contribution >= 0.6 is 11.6 Å². The molecule has 2 aliphatic rings. The lowest BCUT2D eigenvalue weighted by Crippen LogP contribution is -2.42. The maximum atomic E-state index is 6.24. The van der Waals surface area contributed by atoms with Gasteiger partial charge < -0.3 is 9.64 Å². The lowest BCUT2D eigenvalue weighted by atomic mass is 10.2. The molecule has 0 N–H and O–H groups in total. The SMILES string of the molecule is Cc1c(Cl)nc(C2CC2)nc1N1CCOC(C)C1. The molecule has 0 spiro atoms. The zero-order chi connectivity index (χ0) is 12.7. The summed E-state index contributed by atoms with van der Waals surface area (Å²) in [6, 6.07) is 0. The van der Waals surface area contributed by atoms with E-state index in [1.54, 1.807) is 0 Å². The topological polar surface area (TPSA) is 38.2 Å². The van der Waals surface area contributed by atoms with Crippen molar-refractivity contribution in [2.75, 3.05) is 24.6 Å². The van der Waals surface area contributed by atoms with Crippen molar-refractivity contribution in [3.8, 4) is 0 Å². The van der Waals surface area contributed by atoms with E-state index in [2.05, 4.69) is 16.8 Å². The van der Waals surface area contributed by atoms with E-state index >= 15 is 0 Å². The van der Waals surface area contributed by atoms with Gasteiger partial charge in [0.15, 0.2) is 0 Å². The molecule has 2 fully saturated rings. The summed E-state index contributed by atoms with van der Waals surface area (Å²) in [4.78, 5) is 11.4. The highest BCUT2D eigenvalue weighted by Gasteiger charge is 2.29. The molecule has 0 radical (unpaired) electrons. The van der Waals surface area contributed by atoms with Gasteiger partial charge in [0, 0.05) is 24.6 Å². The highest BCUT2D eigenvalue weighted by Crippen LogP contribution is 2.40. The van der Waals surface area contributed by atoms with E-state index in [-0.39, 0.29) is 6.10 Å². The molecule has 0 bridgehead atoms. The Morgan fingerprint density at radius 3 is 2.78 bits per heavy atom. The van der Waals surface area contributed by atoms with E-state index < -0.39 is 0 Å². The van der Waals surface area contributed by atoms with Crippen LogP contribution in [-0.2, 0) is 4.74 Å². The van der Waals surface area contributed by atoms with Crippen molar-refractivity contribution < 1.29 is 4.74 Å². The third-order valence-electron chi connectivity index (χ3n) is 3.56. The van der Waals surface area contributed by atoms with Gasteiger partial charge in [-0.25, -0.2) is 9.97 Å². The highest BCUT2D eigenvalue weighted by molar-refractivity contribution is 6.30. The quantitative estimate of drug-likeness (QED) is 0.772. The number of morpholine rings is 1. The van der Waals surface area contributed by atoms with Crippen molar-refractivity contribution in [1.29, 1.82) is 0 Å². The van der Waals surface area contributed by atoms with E-state index in [4.69, 9.17) is 21.3 Å². The van der Waals surface area contributed by atoms with Crippen LogP contribution in [0.15, 0.2) is 0 Å². The molecule has 0 aromatic carbocycles. The summed E-state index contributed by atoms with van der Waals surface area (Å²) in [5, 5.41) is 0.598.